The Morgan fingerprint density at radius 3 is 2.28 bits per heavy atom. The molecule has 1 amide bonds. The number of aromatic nitrogens is 2. The SMILES string of the molecule is CC1=NN(c2ccccc2)C(=O)/C1=C\c1c(C)nn(-c2ccc(C)c(C)c2)c1C. The zero-order chi connectivity index (χ0) is 20.7. The Kier molecular flexibility index (Phi) is 4.66. The molecule has 3 aromatic rings. The molecule has 0 atom stereocenters. The molecule has 5 nitrogen and oxygen atoms in total. The Bertz CT molecular complexity index is 1170. The standard InChI is InChI=1S/C24H24N4O/c1-15-11-12-21(13-16(15)2)27-19(5)22(17(3)25-27)14-23-18(4)26-28(24(23)29)20-9-7-6-8-10-20/h6-14H,1-5H3/b23-14-. The molecule has 0 unspecified atom stereocenters. The van der Waals surface area contributed by atoms with Gasteiger partial charge in [0, 0.05) is 11.3 Å². The molecular formula is C24H24N4O. The van der Waals surface area contributed by atoms with Crippen molar-refractivity contribution in [2.45, 2.75) is 34.6 Å². The highest BCUT2D eigenvalue weighted by molar-refractivity contribution is 6.32. The van der Waals surface area contributed by atoms with Gasteiger partial charge in [-0.3, -0.25) is 4.79 Å². The number of amides is 1. The van der Waals surface area contributed by atoms with E-state index in [0.717, 1.165) is 28.3 Å². The van der Waals surface area contributed by atoms with Gasteiger partial charge in [-0.15, -0.1) is 0 Å². The molecule has 4 rings (SSSR count). The third kappa shape index (κ3) is 3.29. The van der Waals surface area contributed by atoms with E-state index in [1.54, 1.807) is 0 Å². The van der Waals surface area contributed by atoms with E-state index in [0.29, 0.717) is 11.3 Å². The molecule has 2 heterocycles. The lowest BCUT2D eigenvalue weighted by Crippen LogP contribution is -2.21. The smallest absolute Gasteiger partial charge is 0.267 e. The van der Waals surface area contributed by atoms with E-state index in [1.807, 2.05) is 61.9 Å². The number of nitrogens with zero attached hydrogens (tertiary/aromatic N) is 4. The molecule has 1 aliphatic heterocycles. The summed E-state index contributed by atoms with van der Waals surface area (Å²) < 4.78 is 1.94. The molecule has 146 valence electrons. The van der Waals surface area contributed by atoms with Gasteiger partial charge in [0.15, 0.2) is 0 Å². The second-order valence-electron chi connectivity index (χ2n) is 7.46. The zero-order valence-corrected chi connectivity index (χ0v) is 17.4. The molecule has 0 spiro atoms. The summed E-state index contributed by atoms with van der Waals surface area (Å²) in [4.78, 5) is 13.0. The first-order valence-electron chi connectivity index (χ1n) is 9.67. The minimum Gasteiger partial charge on any atom is -0.267 e. The number of para-hydroxylation sites is 1. The van der Waals surface area contributed by atoms with Gasteiger partial charge in [-0.05, 0) is 76.1 Å². The number of carbonyl (C=O) groups is 1. The zero-order valence-electron chi connectivity index (χ0n) is 17.4. The molecular weight excluding hydrogens is 360 g/mol. The molecule has 2 aromatic carbocycles. The van der Waals surface area contributed by atoms with Crippen LogP contribution in [0, 0.1) is 27.7 Å². The molecule has 29 heavy (non-hydrogen) atoms. The second-order valence-corrected chi connectivity index (χ2v) is 7.46. The molecule has 1 aliphatic rings. The monoisotopic (exact) mass is 384 g/mol. The lowest BCUT2D eigenvalue weighted by molar-refractivity contribution is -0.114. The fraction of sp³-hybridized carbons (Fsp3) is 0.208. The Morgan fingerprint density at radius 2 is 1.59 bits per heavy atom. The molecule has 1 aromatic heterocycles. The van der Waals surface area contributed by atoms with Crippen molar-refractivity contribution in [3.63, 3.8) is 0 Å². The molecule has 0 fully saturated rings. The van der Waals surface area contributed by atoms with E-state index in [1.165, 1.54) is 16.1 Å². The largest absolute Gasteiger partial charge is 0.280 e. The van der Waals surface area contributed by atoms with Crippen molar-refractivity contribution in [1.29, 1.82) is 0 Å². The maximum atomic E-state index is 13.0. The van der Waals surface area contributed by atoms with Crippen molar-refractivity contribution in [3.05, 3.63) is 82.2 Å². The van der Waals surface area contributed by atoms with Crippen LogP contribution in [0.25, 0.3) is 11.8 Å². The van der Waals surface area contributed by atoms with Gasteiger partial charge in [0.2, 0.25) is 0 Å². The van der Waals surface area contributed by atoms with Crippen molar-refractivity contribution >= 4 is 23.4 Å². The quantitative estimate of drug-likeness (QED) is 0.602. The average molecular weight is 384 g/mol. The number of anilines is 1. The Balaban J connectivity index is 1.74. The van der Waals surface area contributed by atoms with Gasteiger partial charge in [-0.2, -0.15) is 15.2 Å². The number of aryl methyl sites for hydroxylation is 3. The second kappa shape index (κ2) is 7.17. The Hall–Kier alpha value is -3.47. The van der Waals surface area contributed by atoms with Crippen molar-refractivity contribution in [2.75, 3.05) is 5.01 Å². The van der Waals surface area contributed by atoms with Gasteiger partial charge in [-0.1, -0.05) is 24.3 Å². The van der Waals surface area contributed by atoms with Crippen LogP contribution in [0.15, 0.2) is 59.2 Å². The third-order valence-corrected chi connectivity index (χ3v) is 5.43. The van der Waals surface area contributed by atoms with Crippen molar-refractivity contribution < 1.29 is 4.79 Å². The van der Waals surface area contributed by atoms with E-state index < -0.39 is 0 Å². The summed E-state index contributed by atoms with van der Waals surface area (Å²) in [5, 5.41) is 10.7. The first-order valence-corrected chi connectivity index (χ1v) is 9.67. The first-order chi connectivity index (χ1) is 13.9. The summed E-state index contributed by atoms with van der Waals surface area (Å²) in [6.07, 6.45) is 1.92. The maximum Gasteiger partial charge on any atom is 0.280 e. The van der Waals surface area contributed by atoms with Crippen LogP contribution in [-0.2, 0) is 4.79 Å². The summed E-state index contributed by atoms with van der Waals surface area (Å²) in [5.41, 5.74) is 8.40. The van der Waals surface area contributed by atoms with Crippen LogP contribution in [0.1, 0.15) is 35.0 Å². The number of benzene rings is 2. The van der Waals surface area contributed by atoms with E-state index in [9.17, 15) is 4.79 Å². The van der Waals surface area contributed by atoms with E-state index in [4.69, 9.17) is 5.10 Å². The van der Waals surface area contributed by atoms with Gasteiger partial charge in [0.25, 0.3) is 5.91 Å². The topological polar surface area (TPSA) is 50.5 Å². The van der Waals surface area contributed by atoms with Gasteiger partial charge in [0.1, 0.15) is 0 Å². The fourth-order valence-electron chi connectivity index (χ4n) is 3.55. The van der Waals surface area contributed by atoms with Crippen LogP contribution in [0.5, 0.6) is 0 Å². The average Bonchev–Trinajstić information content (AvgIpc) is 3.15. The van der Waals surface area contributed by atoms with Crippen LogP contribution < -0.4 is 5.01 Å². The van der Waals surface area contributed by atoms with Gasteiger partial charge < -0.3 is 0 Å². The molecule has 0 saturated carbocycles. The Morgan fingerprint density at radius 1 is 0.862 bits per heavy atom. The Labute approximate surface area is 171 Å². The lowest BCUT2D eigenvalue weighted by atomic mass is 10.1. The summed E-state index contributed by atoms with van der Waals surface area (Å²) in [7, 11) is 0. The van der Waals surface area contributed by atoms with Crippen LogP contribution in [0.3, 0.4) is 0 Å². The molecule has 0 aliphatic carbocycles. The third-order valence-electron chi connectivity index (χ3n) is 5.43. The van der Waals surface area contributed by atoms with Crippen LogP contribution in [0.2, 0.25) is 0 Å². The molecule has 0 bridgehead atoms. The summed E-state index contributed by atoms with van der Waals surface area (Å²) >= 11 is 0. The first kappa shape index (κ1) is 18.9. The van der Waals surface area contributed by atoms with E-state index in [-0.39, 0.29) is 5.91 Å². The predicted molar refractivity (Wildman–Crippen MR) is 118 cm³/mol. The van der Waals surface area contributed by atoms with Gasteiger partial charge in [0.05, 0.1) is 28.4 Å². The fourth-order valence-corrected chi connectivity index (χ4v) is 3.55. The number of hydrazone groups is 1. The number of hydrogen-bond acceptors (Lipinski definition) is 3. The van der Waals surface area contributed by atoms with Gasteiger partial charge in [-0.25, -0.2) is 4.68 Å². The van der Waals surface area contributed by atoms with E-state index in [2.05, 4.69) is 37.1 Å². The minimum atomic E-state index is -0.119. The van der Waals surface area contributed by atoms with Crippen molar-refractivity contribution in [1.82, 2.24) is 9.78 Å². The summed E-state index contributed by atoms with van der Waals surface area (Å²) in [6.45, 7) is 10.1. The van der Waals surface area contributed by atoms with Crippen LogP contribution in [0.4, 0.5) is 5.69 Å². The highest BCUT2D eigenvalue weighted by Crippen LogP contribution is 2.27. The van der Waals surface area contributed by atoms with E-state index >= 15 is 0 Å². The molecule has 0 saturated heterocycles. The summed E-state index contributed by atoms with van der Waals surface area (Å²) in [5.74, 6) is -0.119. The molecule has 5 heteroatoms. The molecule has 0 radical (unpaired) electrons. The summed E-state index contributed by atoms with van der Waals surface area (Å²) in [6, 6.07) is 15.8. The van der Waals surface area contributed by atoms with Gasteiger partial charge >= 0.3 is 0 Å². The number of rotatable bonds is 3. The lowest BCUT2D eigenvalue weighted by Gasteiger charge is -2.11. The van der Waals surface area contributed by atoms with Crippen molar-refractivity contribution in [2.24, 2.45) is 5.10 Å². The highest BCUT2D eigenvalue weighted by Gasteiger charge is 2.29. The number of hydrogen-bond donors (Lipinski definition) is 0. The highest BCUT2D eigenvalue weighted by atomic mass is 16.2. The predicted octanol–water partition coefficient (Wildman–Crippen LogP) is 4.91. The normalized spacial score (nSPS) is 15.3. The number of carbonyl (C=O) groups excluding carboxylic acids is 1. The maximum absolute atomic E-state index is 13.0. The molecule has 0 N–H and O–H groups in total. The van der Waals surface area contributed by atoms with Crippen LogP contribution >= 0.6 is 0 Å². The minimum absolute atomic E-state index is 0.119. The van der Waals surface area contributed by atoms with Crippen LogP contribution in [-0.4, -0.2) is 21.4 Å². The van der Waals surface area contributed by atoms with Crippen molar-refractivity contribution in [3.8, 4) is 5.69 Å².